The molecule has 1 atom stereocenters. The summed E-state index contributed by atoms with van der Waals surface area (Å²) in [6.45, 7) is 0.754. The summed E-state index contributed by atoms with van der Waals surface area (Å²) < 4.78 is 63.9. The van der Waals surface area contributed by atoms with E-state index in [1.54, 1.807) is 12.1 Å². The maximum Gasteiger partial charge on any atom is 0.412 e. The van der Waals surface area contributed by atoms with Crippen molar-refractivity contribution in [2.75, 3.05) is 18.5 Å². The molecule has 0 spiro atoms. The summed E-state index contributed by atoms with van der Waals surface area (Å²) in [7, 11) is 0. The minimum absolute atomic E-state index is 0.0218. The molecule has 0 radical (unpaired) electrons. The predicted octanol–water partition coefficient (Wildman–Crippen LogP) is 4.96. The number of nitrogens with one attached hydrogen (secondary N) is 2. The van der Waals surface area contributed by atoms with Crippen LogP contribution in [0.4, 0.5) is 23.7 Å². The Morgan fingerprint density at radius 3 is 2.39 bits per heavy atom. The van der Waals surface area contributed by atoms with Crippen molar-refractivity contribution in [1.82, 2.24) is 10.2 Å². The number of benzene rings is 3. The van der Waals surface area contributed by atoms with E-state index in [1.807, 2.05) is 0 Å². The zero-order valence-electron chi connectivity index (χ0n) is 24.3. The van der Waals surface area contributed by atoms with Gasteiger partial charge in [-0.15, -0.1) is 0 Å². The summed E-state index contributed by atoms with van der Waals surface area (Å²) in [5.41, 5.74) is 1.03. The average molecular weight is 640 g/mol. The first-order valence-electron chi connectivity index (χ1n) is 14.6. The van der Waals surface area contributed by atoms with Gasteiger partial charge in [0.05, 0.1) is 24.5 Å². The van der Waals surface area contributed by atoms with Crippen LogP contribution in [0.15, 0.2) is 48.5 Å². The lowest BCUT2D eigenvalue weighted by molar-refractivity contribution is -0.136. The van der Waals surface area contributed by atoms with E-state index in [-0.39, 0.29) is 60.6 Å². The summed E-state index contributed by atoms with van der Waals surface area (Å²) in [5, 5.41) is 4.58. The van der Waals surface area contributed by atoms with Gasteiger partial charge in [-0.2, -0.15) is 0 Å². The van der Waals surface area contributed by atoms with Crippen LogP contribution < -0.4 is 20.1 Å². The minimum atomic E-state index is -1.13. The third kappa shape index (κ3) is 6.61. The summed E-state index contributed by atoms with van der Waals surface area (Å²) in [5.74, 6) is -4.28. The lowest BCUT2D eigenvalue weighted by Crippen LogP contribution is -2.52. The van der Waals surface area contributed by atoms with E-state index in [0.29, 0.717) is 37.2 Å². The second-order valence-corrected chi connectivity index (χ2v) is 10.9. The standard InChI is InChI=1S/C32H28F3N3O8/c33-22-5-3-20(13-23(22)34)45-21-4-6-25(24(35)14-21)36-32(42)44-16-18-2-1-17-15-38(26-7-8-27(39)37-30(26)40)31(41)28(17)29(18)46-19-9-11-43-12-10-19/h1-6,13-14,19,26H,7-12,15-16H2,(H,36,42)(H,37,39,40). The summed E-state index contributed by atoms with van der Waals surface area (Å²) >= 11 is 0. The molecule has 2 N–H and O–H groups in total. The topological polar surface area (TPSA) is 132 Å². The highest BCUT2D eigenvalue weighted by atomic mass is 19.2. The molecule has 0 aromatic heterocycles. The lowest BCUT2D eigenvalue weighted by atomic mass is 10.0. The van der Waals surface area contributed by atoms with Gasteiger partial charge in [0.15, 0.2) is 17.5 Å². The van der Waals surface area contributed by atoms with Gasteiger partial charge in [-0.05, 0) is 36.2 Å². The lowest BCUT2D eigenvalue weighted by Gasteiger charge is -2.29. The second kappa shape index (κ2) is 13.1. The number of carbonyl (C=O) groups is 4. The Morgan fingerprint density at radius 2 is 1.67 bits per heavy atom. The van der Waals surface area contributed by atoms with E-state index in [9.17, 15) is 32.3 Å². The van der Waals surface area contributed by atoms with Crippen molar-refractivity contribution in [2.24, 2.45) is 0 Å². The van der Waals surface area contributed by atoms with E-state index in [1.165, 1.54) is 23.1 Å². The fourth-order valence-corrected chi connectivity index (χ4v) is 5.50. The molecule has 11 nitrogen and oxygen atoms in total. The van der Waals surface area contributed by atoms with Crippen LogP contribution in [-0.4, -0.2) is 54.1 Å². The maximum atomic E-state index is 14.8. The van der Waals surface area contributed by atoms with Crippen molar-refractivity contribution in [3.63, 3.8) is 0 Å². The Morgan fingerprint density at radius 1 is 0.935 bits per heavy atom. The van der Waals surface area contributed by atoms with E-state index in [2.05, 4.69) is 10.6 Å². The quantitative estimate of drug-likeness (QED) is 0.331. The van der Waals surface area contributed by atoms with Crippen molar-refractivity contribution in [3.8, 4) is 17.2 Å². The van der Waals surface area contributed by atoms with Gasteiger partial charge in [-0.1, -0.05) is 12.1 Å². The van der Waals surface area contributed by atoms with E-state index in [4.69, 9.17) is 18.9 Å². The number of anilines is 1. The molecular weight excluding hydrogens is 611 g/mol. The van der Waals surface area contributed by atoms with Crippen molar-refractivity contribution in [3.05, 3.63) is 82.7 Å². The first-order valence-corrected chi connectivity index (χ1v) is 14.6. The molecule has 1 unspecified atom stereocenters. The molecule has 2 fully saturated rings. The van der Waals surface area contributed by atoms with Crippen molar-refractivity contribution in [1.29, 1.82) is 0 Å². The van der Waals surface area contributed by atoms with Crippen LogP contribution in [0, 0.1) is 17.5 Å². The number of hydrogen-bond acceptors (Lipinski definition) is 8. The van der Waals surface area contributed by atoms with Crippen molar-refractivity contribution < 1.29 is 51.3 Å². The van der Waals surface area contributed by atoms with Crippen LogP contribution in [0.25, 0.3) is 0 Å². The maximum absolute atomic E-state index is 14.8. The molecule has 3 heterocycles. The fourth-order valence-electron chi connectivity index (χ4n) is 5.50. The number of amides is 4. The molecular formula is C32H28F3N3O8. The van der Waals surface area contributed by atoms with E-state index < -0.39 is 47.3 Å². The first-order chi connectivity index (χ1) is 22.2. The average Bonchev–Trinajstić information content (AvgIpc) is 3.36. The highest BCUT2D eigenvalue weighted by Crippen LogP contribution is 2.38. The molecule has 6 rings (SSSR count). The number of nitrogens with zero attached hydrogens (tertiary/aromatic N) is 1. The molecule has 3 aromatic carbocycles. The van der Waals surface area contributed by atoms with E-state index >= 15 is 0 Å². The van der Waals surface area contributed by atoms with Gasteiger partial charge in [0, 0.05) is 43.5 Å². The SMILES string of the molecule is O=C1CCC(N2Cc3ccc(COC(=O)Nc4ccc(Oc5ccc(F)c(F)c5)cc4F)c(OC4CCOCC4)c3C2=O)C(=O)N1. The van der Waals surface area contributed by atoms with Gasteiger partial charge < -0.3 is 23.8 Å². The Labute approximate surface area is 260 Å². The molecule has 4 amide bonds. The third-order valence-electron chi connectivity index (χ3n) is 7.84. The smallest absolute Gasteiger partial charge is 0.412 e. The Bertz CT molecular complexity index is 1710. The van der Waals surface area contributed by atoms with Crippen LogP contribution in [-0.2, 0) is 32.2 Å². The highest BCUT2D eigenvalue weighted by molar-refractivity contribution is 6.06. The van der Waals surface area contributed by atoms with Gasteiger partial charge >= 0.3 is 6.09 Å². The molecule has 0 saturated carbocycles. The molecule has 14 heteroatoms. The van der Waals surface area contributed by atoms with Gasteiger partial charge in [-0.25, -0.2) is 18.0 Å². The zero-order valence-corrected chi connectivity index (χ0v) is 24.3. The molecule has 3 aliphatic heterocycles. The fraction of sp³-hybridized carbons (Fsp3) is 0.312. The number of imide groups is 1. The number of piperidine rings is 1. The number of halogens is 3. The third-order valence-corrected chi connectivity index (χ3v) is 7.84. The summed E-state index contributed by atoms with van der Waals surface area (Å²) in [6.07, 6.45) is 0.190. The number of carbonyl (C=O) groups excluding carboxylic acids is 4. The van der Waals surface area contributed by atoms with Crippen LogP contribution in [0.3, 0.4) is 0 Å². The molecule has 2 saturated heterocycles. The minimum Gasteiger partial charge on any atom is -0.489 e. The number of hydrogen-bond donors (Lipinski definition) is 2. The molecule has 46 heavy (non-hydrogen) atoms. The highest BCUT2D eigenvalue weighted by Gasteiger charge is 2.41. The van der Waals surface area contributed by atoms with E-state index in [0.717, 1.165) is 18.2 Å². The van der Waals surface area contributed by atoms with Crippen LogP contribution in [0.2, 0.25) is 0 Å². The van der Waals surface area contributed by atoms with Gasteiger partial charge in [-0.3, -0.25) is 25.0 Å². The normalized spacial score (nSPS) is 18.2. The first kappa shape index (κ1) is 30.9. The monoisotopic (exact) mass is 639 g/mol. The van der Waals surface area contributed by atoms with Gasteiger partial charge in [0.2, 0.25) is 11.8 Å². The Hall–Kier alpha value is -5.11. The zero-order chi connectivity index (χ0) is 32.4. The Balaban J connectivity index is 1.16. The van der Waals surface area contributed by atoms with Gasteiger partial charge in [0.1, 0.15) is 36.0 Å². The molecule has 3 aromatic rings. The summed E-state index contributed by atoms with van der Waals surface area (Å²) in [6, 6.07) is 8.89. The predicted molar refractivity (Wildman–Crippen MR) is 154 cm³/mol. The van der Waals surface area contributed by atoms with Gasteiger partial charge in [0.25, 0.3) is 5.91 Å². The number of rotatable bonds is 8. The molecule has 0 aliphatic carbocycles. The largest absolute Gasteiger partial charge is 0.489 e. The van der Waals surface area contributed by atoms with Crippen molar-refractivity contribution in [2.45, 2.75) is 51.0 Å². The molecule has 3 aliphatic rings. The second-order valence-electron chi connectivity index (χ2n) is 10.9. The Kier molecular flexibility index (Phi) is 8.79. The molecule has 240 valence electrons. The van der Waals surface area contributed by atoms with Crippen molar-refractivity contribution >= 4 is 29.5 Å². The number of ether oxygens (including phenoxy) is 4. The van der Waals surface area contributed by atoms with Crippen LogP contribution >= 0.6 is 0 Å². The molecule has 0 bridgehead atoms. The van der Waals surface area contributed by atoms with Crippen LogP contribution in [0.1, 0.15) is 47.2 Å². The summed E-state index contributed by atoms with van der Waals surface area (Å²) in [4.78, 5) is 52.0. The van der Waals surface area contributed by atoms with Crippen LogP contribution in [0.5, 0.6) is 17.2 Å². The number of fused-ring (bicyclic) bond motifs is 1.